The molecule has 0 unspecified atom stereocenters. The topological polar surface area (TPSA) is 83.8 Å². The Balaban J connectivity index is 3.02. The fraction of sp³-hybridized carbons (Fsp3) is 0.0909. The van der Waals surface area contributed by atoms with Gasteiger partial charge in [-0.2, -0.15) is 0 Å². The maximum atomic E-state index is 10.7. The van der Waals surface area contributed by atoms with E-state index < -0.39 is 17.7 Å². The summed E-state index contributed by atoms with van der Waals surface area (Å²) in [7, 11) is 0. The van der Waals surface area contributed by atoms with Crippen LogP contribution in [0.2, 0.25) is 5.02 Å². The molecular weight excluding hydrogens is 248 g/mol. The van der Waals surface area contributed by atoms with Gasteiger partial charge in [-0.1, -0.05) is 11.6 Å². The second-order valence-electron chi connectivity index (χ2n) is 3.16. The average Bonchev–Trinajstić information content (AvgIpc) is 2.19. The van der Waals surface area contributed by atoms with Crippen LogP contribution in [0.25, 0.3) is 0 Å². The van der Waals surface area contributed by atoms with Gasteiger partial charge in [0.1, 0.15) is 5.75 Å². The van der Waals surface area contributed by atoms with Gasteiger partial charge in [-0.3, -0.25) is 0 Å². The number of hydrogen-bond donors (Lipinski definition) is 2. The van der Waals surface area contributed by atoms with Crippen LogP contribution in [0.15, 0.2) is 30.0 Å². The molecule has 1 aromatic rings. The third-order valence-corrected chi connectivity index (χ3v) is 2.06. The number of aliphatic carboxylic acids is 2. The van der Waals surface area contributed by atoms with Crippen molar-refractivity contribution in [1.29, 1.82) is 0 Å². The van der Waals surface area contributed by atoms with Crippen molar-refractivity contribution in [3.8, 4) is 5.75 Å². The first-order chi connectivity index (χ1) is 7.90. The van der Waals surface area contributed by atoms with Crippen LogP contribution < -0.4 is 4.74 Å². The molecule has 0 amide bonds. The molecule has 17 heavy (non-hydrogen) atoms. The van der Waals surface area contributed by atoms with Crippen LogP contribution >= 0.6 is 11.6 Å². The average molecular weight is 257 g/mol. The molecular formula is C11H9ClO5. The van der Waals surface area contributed by atoms with Crippen molar-refractivity contribution in [2.75, 3.05) is 0 Å². The molecule has 90 valence electrons. The highest BCUT2D eigenvalue weighted by atomic mass is 35.5. The highest BCUT2D eigenvalue weighted by Crippen LogP contribution is 2.23. The van der Waals surface area contributed by atoms with Crippen molar-refractivity contribution in [1.82, 2.24) is 0 Å². The number of aryl methyl sites for hydroxylation is 1. The summed E-state index contributed by atoms with van der Waals surface area (Å²) in [6.45, 7) is 1.67. The smallest absolute Gasteiger partial charge is 0.372 e. The van der Waals surface area contributed by atoms with Crippen LogP contribution in [-0.2, 0) is 9.59 Å². The monoisotopic (exact) mass is 256 g/mol. The van der Waals surface area contributed by atoms with E-state index in [0.717, 1.165) is 0 Å². The predicted octanol–water partition coefficient (Wildman–Crippen LogP) is 2.08. The number of halogens is 1. The van der Waals surface area contributed by atoms with E-state index in [2.05, 4.69) is 0 Å². The molecule has 1 aromatic carbocycles. The summed E-state index contributed by atoms with van der Waals surface area (Å²) >= 11 is 5.72. The summed E-state index contributed by atoms with van der Waals surface area (Å²) in [5.74, 6) is -3.28. The van der Waals surface area contributed by atoms with E-state index in [4.69, 9.17) is 26.6 Å². The highest BCUT2D eigenvalue weighted by molar-refractivity contribution is 6.30. The van der Waals surface area contributed by atoms with Crippen molar-refractivity contribution >= 4 is 23.5 Å². The first kappa shape index (κ1) is 13.1. The van der Waals surface area contributed by atoms with E-state index in [9.17, 15) is 9.59 Å². The van der Waals surface area contributed by atoms with Crippen molar-refractivity contribution in [3.05, 3.63) is 40.6 Å². The Morgan fingerprint density at radius 2 is 2.00 bits per heavy atom. The van der Waals surface area contributed by atoms with E-state index >= 15 is 0 Å². The van der Waals surface area contributed by atoms with Gasteiger partial charge in [-0.25, -0.2) is 9.59 Å². The molecule has 0 saturated heterocycles. The predicted molar refractivity (Wildman–Crippen MR) is 60.2 cm³/mol. The maximum Gasteiger partial charge on any atom is 0.372 e. The van der Waals surface area contributed by atoms with Gasteiger partial charge in [0.2, 0.25) is 5.76 Å². The normalized spacial score (nSPS) is 11.1. The van der Waals surface area contributed by atoms with E-state index in [0.29, 0.717) is 16.7 Å². The Morgan fingerprint density at radius 3 is 2.47 bits per heavy atom. The van der Waals surface area contributed by atoms with Crippen LogP contribution in [0, 0.1) is 6.92 Å². The Kier molecular flexibility index (Phi) is 4.12. The molecule has 0 fully saturated rings. The van der Waals surface area contributed by atoms with Gasteiger partial charge < -0.3 is 14.9 Å². The van der Waals surface area contributed by atoms with Crippen LogP contribution in [0.5, 0.6) is 5.75 Å². The van der Waals surface area contributed by atoms with E-state index in [1.807, 2.05) is 0 Å². The molecule has 0 atom stereocenters. The molecule has 0 spiro atoms. The molecule has 0 aliphatic carbocycles. The molecule has 0 saturated carbocycles. The van der Waals surface area contributed by atoms with Gasteiger partial charge in [0.05, 0.1) is 6.08 Å². The fourth-order valence-corrected chi connectivity index (χ4v) is 1.32. The molecule has 0 bridgehead atoms. The zero-order valence-corrected chi connectivity index (χ0v) is 9.56. The first-order valence-corrected chi connectivity index (χ1v) is 4.90. The number of carboxylic acid groups (broad SMARTS) is 2. The van der Waals surface area contributed by atoms with Crippen LogP contribution in [-0.4, -0.2) is 22.2 Å². The first-order valence-electron chi connectivity index (χ1n) is 4.52. The third kappa shape index (κ3) is 3.81. The zero-order valence-electron chi connectivity index (χ0n) is 8.81. The quantitative estimate of drug-likeness (QED) is 0.636. The van der Waals surface area contributed by atoms with Crippen molar-refractivity contribution in [2.24, 2.45) is 0 Å². The van der Waals surface area contributed by atoms with Crippen molar-refractivity contribution in [3.63, 3.8) is 0 Å². The van der Waals surface area contributed by atoms with Crippen molar-refractivity contribution < 1.29 is 24.5 Å². The number of ether oxygens (including phenoxy) is 1. The van der Waals surface area contributed by atoms with E-state index in [1.54, 1.807) is 13.0 Å². The summed E-state index contributed by atoms with van der Waals surface area (Å²) < 4.78 is 4.99. The van der Waals surface area contributed by atoms with Gasteiger partial charge >= 0.3 is 11.9 Å². The van der Waals surface area contributed by atoms with Gasteiger partial charge in [0.15, 0.2) is 0 Å². The number of rotatable bonds is 4. The third-order valence-electron chi connectivity index (χ3n) is 1.82. The number of carboxylic acids is 2. The lowest BCUT2D eigenvalue weighted by atomic mass is 10.2. The second-order valence-corrected chi connectivity index (χ2v) is 3.60. The molecule has 5 nitrogen and oxygen atoms in total. The maximum absolute atomic E-state index is 10.7. The highest BCUT2D eigenvalue weighted by Gasteiger charge is 2.13. The second kappa shape index (κ2) is 5.36. The lowest BCUT2D eigenvalue weighted by molar-refractivity contribution is -0.137. The van der Waals surface area contributed by atoms with Crippen LogP contribution in [0.3, 0.4) is 0 Å². The van der Waals surface area contributed by atoms with Gasteiger partial charge in [-0.05, 0) is 30.7 Å². The summed E-state index contributed by atoms with van der Waals surface area (Å²) in [5, 5.41) is 17.7. The van der Waals surface area contributed by atoms with Crippen LogP contribution in [0.4, 0.5) is 0 Å². The molecule has 0 aromatic heterocycles. The number of hydrogen-bond acceptors (Lipinski definition) is 3. The van der Waals surface area contributed by atoms with Crippen LogP contribution in [0.1, 0.15) is 5.56 Å². The molecule has 6 heteroatoms. The Labute approximate surface area is 102 Å². The number of carbonyl (C=O) groups is 2. The summed E-state index contributed by atoms with van der Waals surface area (Å²) in [4.78, 5) is 21.1. The zero-order chi connectivity index (χ0) is 13.0. The summed E-state index contributed by atoms with van der Waals surface area (Å²) in [6.07, 6.45) is 0.483. The largest absolute Gasteiger partial charge is 0.478 e. The lowest BCUT2D eigenvalue weighted by Gasteiger charge is -2.08. The summed E-state index contributed by atoms with van der Waals surface area (Å²) in [5.41, 5.74) is 0.607. The molecule has 0 aliphatic heterocycles. The summed E-state index contributed by atoms with van der Waals surface area (Å²) in [6, 6.07) is 4.57. The SMILES string of the molecule is Cc1cc(Cl)ccc1O/C(=C\C(=O)O)C(=O)O. The minimum absolute atomic E-state index is 0.240. The standard InChI is InChI=1S/C11H9ClO5/c1-6-4-7(12)2-3-8(6)17-9(11(15)16)5-10(13)14/h2-5H,1H3,(H,13,14)(H,15,16)/b9-5-. The minimum atomic E-state index is -1.46. The molecule has 1 rings (SSSR count). The van der Waals surface area contributed by atoms with Gasteiger partial charge in [0, 0.05) is 5.02 Å². The molecule has 2 N–H and O–H groups in total. The molecule has 0 aliphatic rings. The lowest BCUT2D eigenvalue weighted by Crippen LogP contribution is -2.10. The Bertz CT molecular complexity index is 493. The molecule has 0 heterocycles. The van der Waals surface area contributed by atoms with Crippen molar-refractivity contribution in [2.45, 2.75) is 6.92 Å². The fourth-order valence-electron chi connectivity index (χ4n) is 1.09. The van der Waals surface area contributed by atoms with Gasteiger partial charge in [-0.15, -0.1) is 0 Å². The Hall–Kier alpha value is -2.01. The molecule has 0 radical (unpaired) electrons. The van der Waals surface area contributed by atoms with E-state index in [-0.39, 0.29) is 5.75 Å². The Morgan fingerprint density at radius 1 is 1.35 bits per heavy atom. The minimum Gasteiger partial charge on any atom is -0.478 e. The number of benzene rings is 1. The van der Waals surface area contributed by atoms with Gasteiger partial charge in [0.25, 0.3) is 0 Å². The van der Waals surface area contributed by atoms with E-state index in [1.165, 1.54) is 12.1 Å².